The van der Waals surface area contributed by atoms with Crippen molar-refractivity contribution in [2.75, 3.05) is 0 Å². The van der Waals surface area contributed by atoms with E-state index in [1.165, 1.54) is 4.90 Å². The van der Waals surface area contributed by atoms with Gasteiger partial charge in [-0.3, -0.25) is 9.69 Å². The summed E-state index contributed by atoms with van der Waals surface area (Å²) in [6.45, 7) is 3.90. The SMILES string of the molecule is CC1(C)CCc2ccc(Cl)cc2C2OC(=O)C(=O)N21. The summed E-state index contributed by atoms with van der Waals surface area (Å²) in [5, 5.41) is 0.578. The molecule has 0 radical (unpaired) electrons. The molecular weight excluding hydrogens is 266 g/mol. The standard InChI is InChI=1S/C14H14ClNO3/c1-14(2)6-5-8-3-4-9(15)7-10(8)12-16(14)11(17)13(18)19-12/h3-4,7,12H,5-6H2,1-2H3. The number of carbonyl (C=O) groups excluding carboxylic acids is 2. The lowest BCUT2D eigenvalue weighted by Gasteiger charge is -2.35. The normalized spacial score (nSPS) is 24.6. The molecule has 0 saturated carbocycles. The van der Waals surface area contributed by atoms with E-state index >= 15 is 0 Å². The Balaban J connectivity index is 2.17. The summed E-state index contributed by atoms with van der Waals surface area (Å²) in [6.07, 6.45) is 0.962. The molecule has 2 aliphatic heterocycles. The highest BCUT2D eigenvalue weighted by Crippen LogP contribution is 2.42. The molecule has 5 heteroatoms. The summed E-state index contributed by atoms with van der Waals surface area (Å²) >= 11 is 6.02. The van der Waals surface area contributed by atoms with Gasteiger partial charge in [-0.1, -0.05) is 17.7 Å². The number of fused-ring (bicyclic) bond motifs is 3. The number of ether oxygens (including phenoxy) is 1. The minimum atomic E-state index is -0.786. The number of halogens is 1. The third-order valence-corrected chi connectivity index (χ3v) is 4.11. The lowest BCUT2D eigenvalue weighted by atomic mass is 9.95. The van der Waals surface area contributed by atoms with Crippen LogP contribution in [0.4, 0.5) is 0 Å². The van der Waals surface area contributed by atoms with Gasteiger partial charge < -0.3 is 4.74 Å². The maximum atomic E-state index is 12.0. The maximum absolute atomic E-state index is 12.0. The number of rotatable bonds is 0. The summed E-state index contributed by atoms with van der Waals surface area (Å²) in [5.41, 5.74) is 1.48. The molecule has 0 N–H and O–H groups in total. The van der Waals surface area contributed by atoms with Crippen molar-refractivity contribution in [1.29, 1.82) is 0 Å². The monoisotopic (exact) mass is 279 g/mol. The van der Waals surface area contributed by atoms with Crippen LogP contribution in [-0.4, -0.2) is 22.3 Å². The van der Waals surface area contributed by atoms with Gasteiger partial charge in [-0.25, -0.2) is 4.79 Å². The molecule has 0 aliphatic carbocycles. The molecule has 1 fully saturated rings. The Kier molecular flexibility index (Phi) is 2.61. The van der Waals surface area contributed by atoms with Crippen LogP contribution >= 0.6 is 11.6 Å². The van der Waals surface area contributed by atoms with Crippen LogP contribution in [0, 0.1) is 0 Å². The van der Waals surface area contributed by atoms with E-state index in [0.29, 0.717) is 5.02 Å². The molecule has 1 aromatic rings. The largest absolute Gasteiger partial charge is 0.430 e. The number of amides is 1. The molecule has 4 nitrogen and oxygen atoms in total. The van der Waals surface area contributed by atoms with Crippen molar-refractivity contribution in [2.24, 2.45) is 0 Å². The Morgan fingerprint density at radius 2 is 2.11 bits per heavy atom. The number of esters is 1. The summed E-state index contributed by atoms with van der Waals surface area (Å²) in [7, 11) is 0. The van der Waals surface area contributed by atoms with E-state index in [-0.39, 0.29) is 0 Å². The second-order valence-electron chi connectivity index (χ2n) is 5.59. The fourth-order valence-electron chi connectivity index (χ4n) is 2.79. The van der Waals surface area contributed by atoms with Crippen molar-refractivity contribution < 1.29 is 14.3 Å². The van der Waals surface area contributed by atoms with Gasteiger partial charge in [0.05, 0.1) is 0 Å². The Bertz CT molecular complexity index is 582. The number of hydrogen-bond acceptors (Lipinski definition) is 3. The van der Waals surface area contributed by atoms with E-state index in [9.17, 15) is 9.59 Å². The van der Waals surface area contributed by atoms with Gasteiger partial charge in [0.2, 0.25) is 6.23 Å². The Labute approximate surface area is 116 Å². The molecule has 0 aromatic heterocycles. The van der Waals surface area contributed by atoms with Crippen molar-refractivity contribution in [1.82, 2.24) is 4.90 Å². The van der Waals surface area contributed by atoms with Crippen molar-refractivity contribution in [3.05, 3.63) is 34.3 Å². The third kappa shape index (κ3) is 1.82. The van der Waals surface area contributed by atoms with Crippen LogP contribution in [0.3, 0.4) is 0 Å². The van der Waals surface area contributed by atoms with E-state index < -0.39 is 23.6 Å². The lowest BCUT2D eigenvalue weighted by Crippen LogP contribution is -2.46. The highest BCUT2D eigenvalue weighted by atomic mass is 35.5. The number of hydrogen-bond donors (Lipinski definition) is 0. The zero-order valence-electron chi connectivity index (χ0n) is 10.8. The predicted molar refractivity (Wildman–Crippen MR) is 69.5 cm³/mol. The van der Waals surface area contributed by atoms with Crippen molar-refractivity contribution in [3.8, 4) is 0 Å². The first-order chi connectivity index (χ1) is 8.90. The van der Waals surface area contributed by atoms with Crippen LogP contribution in [0.15, 0.2) is 18.2 Å². The van der Waals surface area contributed by atoms with Crippen LogP contribution in [0.25, 0.3) is 0 Å². The van der Waals surface area contributed by atoms with Crippen LogP contribution in [0.5, 0.6) is 0 Å². The quantitative estimate of drug-likeness (QED) is 0.541. The zero-order valence-corrected chi connectivity index (χ0v) is 11.5. The van der Waals surface area contributed by atoms with Gasteiger partial charge in [-0.05, 0) is 44.4 Å². The van der Waals surface area contributed by atoms with Crippen LogP contribution < -0.4 is 0 Å². The van der Waals surface area contributed by atoms with Crippen LogP contribution in [0.2, 0.25) is 5.02 Å². The van der Waals surface area contributed by atoms with Gasteiger partial charge in [-0.15, -0.1) is 0 Å². The molecule has 2 heterocycles. The average molecular weight is 280 g/mol. The number of benzene rings is 1. The molecule has 1 saturated heterocycles. The molecule has 1 atom stereocenters. The molecular formula is C14H14ClNO3. The molecule has 0 spiro atoms. The Morgan fingerprint density at radius 1 is 1.37 bits per heavy atom. The maximum Gasteiger partial charge on any atom is 0.399 e. The van der Waals surface area contributed by atoms with Gasteiger partial charge in [0.25, 0.3) is 0 Å². The Hall–Kier alpha value is -1.55. The third-order valence-electron chi connectivity index (χ3n) is 3.88. The number of nitrogens with zero attached hydrogens (tertiary/aromatic N) is 1. The molecule has 1 aromatic carbocycles. The summed E-state index contributed by atoms with van der Waals surface area (Å²) < 4.78 is 5.25. The molecule has 0 bridgehead atoms. The molecule has 1 amide bonds. The van der Waals surface area contributed by atoms with Gasteiger partial charge >= 0.3 is 11.9 Å². The second-order valence-corrected chi connectivity index (χ2v) is 6.02. The molecule has 1 unspecified atom stereocenters. The Morgan fingerprint density at radius 3 is 2.84 bits per heavy atom. The summed E-state index contributed by atoms with van der Waals surface area (Å²) in [4.78, 5) is 25.1. The molecule has 3 rings (SSSR count). The van der Waals surface area contributed by atoms with Gasteiger partial charge in [0.1, 0.15) is 0 Å². The van der Waals surface area contributed by atoms with Gasteiger partial charge in [0.15, 0.2) is 0 Å². The summed E-state index contributed by atoms with van der Waals surface area (Å²) in [6, 6.07) is 5.54. The molecule has 2 aliphatic rings. The number of aryl methyl sites for hydroxylation is 1. The van der Waals surface area contributed by atoms with Crippen LogP contribution in [-0.2, 0) is 20.7 Å². The minimum absolute atomic E-state index is 0.417. The number of carbonyl (C=O) groups is 2. The predicted octanol–water partition coefficient (Wildman–Crippen LogP) is 2.45. The lowest BCUT2D eigenvalue weighted by molar-refractivity contribution is -0.149. The van der Waals surface area contributed by atoms with E-state index in [0.717, 1.165) is 24.0 Å². The van der Waals surface area contributed by atoms with Crippen molar-refractivity contribution in [3.63, 3.8) is 0 Å². The van der Waals surface area contributed by atoms with E-state index in [4.69, 9.17) is 16.3 Å². The fourth-order valence-corrected chi connectivity index (χ4v) is 2.97. The second kappa shape index (κ2) is 3.97. The van der Waals surface area contributed by atoms with E-state index in [1.54, 1.807) is 6.07 Å². The molecule has 100 valence electrons. The van der Waals surface area contributed by atoms with Crippen molar-refractivity contribution >= 4 is 23.5 Å². The first kappa shape index (κ1) is 12.5. The topological polar surface area (TPSA) is 46.6 Å². The van der Waals surface area contributed by atoms with Crippen molar-refractivity contribution in [2.45, 2.75) is 38.5 Å². The minimum Gasteiger partial charge on any atom is -0.430 e. The van der Waals surface area contributed by atoms with Gasteiger partial charge in [0, 0.05) is 16.1 Å². The smallest absolute Gasteiger partial charge is 0.399 e. The highest BCUT2D eigenvalue weighted by Gasteiger charge is 2.50. The molecule has 19 heavy (non-hydrogen) atoms. The first-order valence-electron chi connectivity index (χ1n) is 6.23. The fraction of sp³-hybridized carbons (Fsp3) is 0.429. The van der Waals surface area contributed by atoms with Crippen LogP contribution in [0.1, 0.15) is 37.6 Å². The van der Waals surface area contributed by atoms with E-state index in [2.05, 4.69) is 0 Å². The highest BCUT2D eigenvalue weighted by molar-refractivity contribution is 6.34. The first-order valence-corrected chi connectivity index (χ1v) is 6.60. The average Bonchev–Trinajstić information content (AvgIpc) is 2.59. The zero-order chi connectivity index (χ0) is 13.8. The van der Waals surface area contributed by atoms with E-state index in [1.807, 2.05) is 26.0 Å². The van der Waals surface area contributed by atoms with Gasteiger partial charge in [-0.2, -0.15) is 0 Å². The summed E-state index contributed by atoms with van der Waals surface area (Å²) in [5.74, 6) is -1.35.